The number of nitrogens with one attached hydrogen (secondary N) is 1. The molecule has 0 radical (unpaired) electrons. The summed E-state index contributed by atoms with van der Waals surface area (Å²) in [6.07, 6.45) is 2.65. The van der Waals surface area contributed by atoms with Crippen LogP contribution in [0.5, 0.6) is 0 Å². The van der Waals surface area contributed by atoms with Gasteiger partial charge in [0.05, 0.1) is 6.04 Å². The quantitative estimate of drug-likeness (QED) is 0.738. The van der Waals surface area contributed by atoms with E-state index in [1.54, 1.807) is 12.1 Å². The molecular weight excluding hydrogens is 360 g/mol. The Kier molecular flexibility index (Phi) is 4.47. The van der Waals surface area contributed by atoms with Crippen LogP contribution < -0.4 is 5.32 Å². The van der Waals surface area contributed by atoms with Crippen LogP contribution in [0.3, 0.4) is 0 Å². The molecule has 0 aliphatic heterocycles. The van der Waals surface area contributed by atoms with Crippen molar-refractivity contribution in [2.75, 3.05) is 0 Å². The summed E-state index contributed by atoms with van der Waals surface area (Å²) in [6.45, 7) is 4.21. The van der Waals surface area contributed by atoms with Crippen LogP contribution in [-0.4, -0.2) is 20.5 Å². The van der Waals surface area contributed by atoms with Crippen LogP contribution in [0.15, 0.2) is 45.6 Å². The second-order valence-corrected chi connectivity index (χ2v) is 6.53. The van der Waals surface area contributed by atoms with E-state index in [1.807, 2.05) is 28.8 Å². The van der Waals surface area contributed by atoms with Gasteiger partial charge in [-0.15, -0.1) is 10.2 Å². The number of hydrogen-bond acceptors (Lipinski definition) is 4. The molecule has 0 aromatic carbocycles. The summed E-state index contributed by atoms with van der Waals surface area (Å²) in [6, 6.07) is 8.78. The van der Waals surface area contributed by atoms with E-state index < -0.39 is 0 Å². The molecule has 0 bridgehead atoms. The van der Waals surface area contributed by atoms with E-state index >= 15 is 0 Å². The summed E-state index contributed by atoms with van der Waals surface area (Å²) in [4.78, 5) is 12.4. The fourth-order valence-electron chi connectivity index (χ4n) is 2.46. The summed E-state index contributed by atoms with van der Waals surface area (Å²) in [5.41, 5.74) is 0.756. The zero-order valence-electron chi connectivity index (χ0n) is 12.9. The van der Waals surface area contributed by atoms with Gasteiger partial charge in [-0.25, -0.2) is 0 Å². The molecule has 120 valence electrons. The number of carbonyl (C=O) groups is 1. The lowest BCUT2D eigenvalue weighted by atomic mass is 10.0. The third-order valence-corrected chi connectivity index (χ3v) is 3.89. The summed E-state index contributed by atoms with van der Waals surface area (Å²) in [5.74, 6) is 1.10. The van der Waals surface area contributed by atoms with E-state index in [4.69, 9.17) is 4.42 Å². The average Bonchev–Trinajstić information content (AvgIpc) is 3.12. The molecular formula is C16H17BrN4O2. The van der Waals surface area contributed by atoms with Crippen LogP contribution in [-0.2, 0) is 0 Å². The number of halogens is 1. The van der Waals surface area contributed by atoms with Crippen molar-refractivity contribution in [1.82, 2.24) is 19.9 Å². The van der Waals surface area contributed by atoms with Gasteiger partial charge in [0.15, 0.2) is 21.9 Å². The first-order valence-corrected chi connectivity index (χ1v) is 8.19. The molecule has 7 heteroatoms. The maximum Gasteiger partial charge on any atom is 0.287 e. The molecule has 3 heterocycles. The lowest BCUT2D eigenvalue weighted by molar-refractivity contribution is 0.0900. The third-order valence-electron chi connectivity index (χ3n) is 3.46. The first-order valence-electron chi connectivity index (χ1n) is 7.40. The highest BCUT2D eigenvalue weighted by Gasteiger charge is 2.23. The van der Waals surface area contributed by atoms with Crippen LogP contribution in [0.1, 0.15) is 42.7 Å². The predicted molar refractivity (Wildman–Crippen MR) is 89.1 cm³/mol. The number of hydrogen-bond donors (Lipinski definition) is 1. The largest absolute Gasteiger partial charge is 0.444 e. The van der Waals surface area contributed by atoms with Gasteiger partial charge in [-0.05, 0) is 52.5 Å². The van der Waals surface area contributed by atoms with E-state index in [2.05, 4.69) is 45.3 Å². The van der Waals surface area contributed by atoms with Crippen molar-refractivity contribution in [2.45, 2.75) is 26.3 Å². The number of amides is 1. The smallest absolute Gasteiger partial charge is 0.287 e. The lowest BCUT2D eigenvalue weighted by Crippen LogP contribution is -2.30. The fraction of sp³-hybridized carbons (Fsp3) is 0.312. The maximum absolute atomic E-state index is 12.4. The molecule has 6 nitrogen and oxygen atoms in total. The van der Waals surface area contributed by atoms with E-state index in [-0.39, 0.29) is 17.7 Å². The van der Waals surface area contributed by atoms with Gasteiger partial charge >= 0.3 is 0 Å². The van der Waals surface area contributed by atoms with Crippen molar-refractivity contribution < 1.29 is 9.21 Å². The highest BCUT2D eigenvalue weighted by atomic mass is 79.9. The van der Waals surface area contributed by atoms with Gasteiger partial charge in [0.2, 0.25) is 0 Å². The summed E-state index contributed by atoms with van der Waals surface area (Å²) in [7, 11) is 0. The minimum absolute atomic E-state index is 0.247. The molecule has 3 aromatic rings. The Labute approximate surface area is 142 Å². The highest BCUT2D eigenvalue weighted by Crippen LogP contribution is 2.22. The molecule has 0 saturated carbocycles. The number of nitrogens with zero attached hydrogens (tertiary/aromatic N) is 3. The Bertz CT molecular complexity index is 824. The molecule has 3 rings (SSSR count). The summed E-state index contributed by atoms with van der Waals surface area (Å²) < 4.78 is 7.74. The fourth-order valence-corrected chi connectivity index (χ4v) is 2.77. The summed E-state index contributed by atoms with van der Waals surface area (Å²) >= 11 is 3.21. The number of rotatable bonds is 5. The van der Waals surface area contributed by atoms with E-state index in [1.165, 1.54) is 0 Å². The van der Waals surface area contributed by atoms with Crippen LogP contribution in [0.2, 0.25) is 0 Å². The van der Waals surface area contributed by atoms with Gasteiger partial charge in [-0.2, -0.15) is 0 Å². The monoisotopic (exact) mass is 376 g/mol. The van der Waals surface area contributed by atoms with Gasteiger partial charge in [-0.1, -0.05) is 19.9 Å². The predicted octanol–water partition coefficient (Wildman–Crippen LogP) is 3.60. The first-order chi connectivity index (χ1) is 11.0. The molecule has 0 aliphatic rings. The van der Waals surface area contributed by atoms with E-state index in [0.717, 1.165) is 12.1 Å². The number of carbonyl (C=O) groups excluding carboxylic acids is 1. The van der Waals surface area contributed by atoms with Crippen molar-refractivity contribution in [3.8, 4) is 0 Å². The highest BCUT2D eigenvalue weighted by molar-refractivity contribution is 9.10. The third kappa shape index (κ3) is 3.44. The van der Waals surface area contributed by atoms with Crippen molar-refractivity contribution >= 4 is 27.5 Å². The van der Waals surface area contributed by atoms with Crippen LogP contribution in [0.25, 0.3) is 5.65 Å². The Balaban J connectivity index is 1.90. The number of aromatic nitrogens is 3. The molecule has 1 N–H and O–H groups in total. The van der Waals surface area contributed by atoms with E-state index in [0.29, 0.717) is 16.4 Å². The molecule has 0 saturated heterocycles. The van der Waals surface area contributed by atoms with Gasteiger partial charge in [0, 0.05) is 6.20 Å². The number of pyridine rings is 1. The molecule has 0 unspecified atom stereocenters. The van der Waals surface area contributed by atoms with Crippen molar-refractivity contribution in [1.29, 1.82) is 0 Å². The van der Waals surface area contributed by atoms with Gasteiger partial charge in [-0.3, -0.25) is 9.20 Å². The molecule has 0 fully saturated rings. The SMILES string of the molecule is CC(C)C[C@H](NC(=O)c1ccc(Br)o1)c1nnc2ccccn12. The zero-order chi connectivity index (χ0) is 16.4. The van der Waals surface area contributed by atoms with E-state index in [9.17, 15) is 4.79 Å². The Morgan fingerprint density at radius 2 is 2.13 bits per heavy atom. The molecule has 0 spiro atoms. The van der Waals surface area contributed by atoms with Crippen LogP contribution in [0, 0.1) is 5.92 Å². The van der Waals surface area contributed by atoms with Gasteiger partial charge in [0.1, 0.15) is 0 Å². The Morgan fingerprint density at radius 1 is 1.30 bits per heavy atom. The molecule has 3 aromatic heterocycles. The summed E-state index contributed by atoms with van der Waals surface area (Å²) in [5, 5.41) is 11.4. The van der Waals surface area contributed by atoms with Gasteiger partial charge < -0.3 is 9.73 Å². The minimum atomic E-state index is -0.269. The van der Waals surface area contributed by atoms with Crippen molar-refractivity contribution in [3.05, 3.63) is 52.8 Å². The lowest BCUT2D eigenvalue weighted by Gasteiger charge is -2.18. The van der Waals surface area contributed by atoms with Crippen molar-refractivity contribution in [2.24, 2.45) is 5.92 Å². The first kappa shape index (κ1) is 15.7. The molecule has 1 amide bonds. The topological polar surface area (TPSA) is 72.4 Å². The van der Waals surface area contributed by atoms with Gasteiger partial charge in [0.25, 0.3) is 5.91 Å². The number of fused-ring (bicyclic) bond motifs is 1. The second-order valence-electron chi connectivity index (χ2n) is 5.75. The number of furan rings is 1. The zero-order valence-corrected chi connectivity index (χ0v) is 14.4. The normalized spacial score (nSPS) is 12.7. The van der Waals surface area contributed by atoms with Crippen LogP contribution >= 0.6 is 15.9 Å². The average molecular weight is 377 g/mol. The van der Waals surface area contributed by atoms with Crippen molar-refractivity contribution in [3.63, 3.8) is 0 Å². The second kappa shape index (κ2) is 6.54. The Hall–Kier alpha value is -2.15. The minimum Gasteiger partial charge on any atom is -0.444 e. The standard InChI is InChI=1S/C16H17BrN4O2/c1-10(2)9-11(18-16(22)12-6-7-13(17)23-12)15-20-19-14-5-3-4-8-21(14)15/h3-8,10-11H,9H2,1-2H3,(H,18,22)/t11-/m0/s1. The maximum atomic E-state index is 12.4. The molecule has 23 heavy (non-hydrogen) atoms. The molecule has 0 aliphatic carbocycles. The van der Waals surface area contributed by atoms with Crippen LogP contribution in [0.4, 0.5) is 0 Å². The Morgan fingerprint density at radius 3 is 2.83 bits per heavy atom. The molecule has 1 atom stereocenters.